The van der Waals surface area contributed by atoms with Gasteiger partial charge in [0.05, 0.1) is 5.56 Å². The number of amides is 1. The number of carbonyl (C=O) groups excluding carboxylic acids is 1. The highest BCUT2D eigenvalue weighted by Gasteiger charge is 2.51. The summed E-state index contributed by atoms with van der Waals surface area (Å²) in [6.07, 6.45) is 7.26. The van der Waals surface area contributed by atoms with Gasteiger partial charge in [0.1, 0.15) is 5.60 Å². The van der Waals surface area contributed by atoms with E-state index in [9.17, 15) is 14.4 Å². The molecule has 132 valence electrons. The Kier molecular flexibility index (Phi) is 3.70. The van der Waals surface area contributed by atoms with Gasteiger partial charge in [0, 0.05) is 31.3 Å². The Hall–Kier alpha value is -2.84. The Bertz CT molecular complexity index is 900. The molecule has 4 N–H and O–H groups in total. The Morgan fingerprint density at radius 1 is 1.36 bits per heavy atom. The molecule has 2 aliphatic rings. The first kappa shape index (κ1) is 15.7. The summed E-state index contributed by atoms with van der Waals surface area (Å²) in [5.41, 5.74) is -0.985. The van der Waals surface area contributed by atoms with Gasteiger partial charge in [-0.15, -0.1) is 0 Å². The SMILES string of the molecule is O=C(NCC[C@@]12CCCC[C@@H]1c1c([nH]c(=O)[nH]c1=O)O2)c1ncc[nH]1. The number of rotatable bonds is 4. The standard InChI is InChI=1S/C16H19N5O4/c22-12-10-9-3-1-2-4-16(9,25-14(10)21-15(24)20-12)5-6-19-13(23)11-17-7-8-18-11/h7-9H,1-6H2,(H,17,18)(H,19,23)(H2,20,21,22,24)/t9-,16+/m1/s1. The van der Waals surface area contributed by atoms with Gasteiger partial charge in [0.25, 0.3) is 11.5 Å². The van der Waals surface area contributed by atoms with Crippen molar-refractivity contribution < 1.29 is 9.53 Å². The molecule has 0 aromatic carbocycles. The van der Waals surface area contributed by atoms with Crippen molar-refractivity contribution in [3.63, 3.8) is 0 Å². The van der Waals surface area contributed by atoms with Crippen LogP contribution in [0.25, 0.3) is 0 Å². The van der Waals surface area contributed by atoms with Crippen molar-refractivity contribution in [1.82, 2.24) is 25.3 Å². The third kappa shape index (κ3) is 2.65. The van der Waals surface area contributed by atoms with Crippen LogP contribution >= 0.6 is 0 Å². The van der Waals surface area contributed by atoms with Gasteiger partial charge in [-0.1, -0.05) is 6.42 Å². The summed E-state index contributed by atoms with van der Waals surface area (Å²) in [6, 6.07) is 0. The van der Waals surface area contributed by atoms with Crippen molar-refractivity contribution in [3.8, 4) is 5.88 Å². The van der Waals surface area contributed by atoms with E-state index >= 15 is 0 Å². The van der Waals surface area contributed by atoms with Crippen LogP contribution in [0.4, 0.5) is 0 Å². The van der Waals surface area contributed by atoms with Crippen LogP contribution in [0.15, 0.2) is 22.0 Å². The minimum absolute atomic E-state index is 0.0719. The summed E-state index contributed by atoms with van der Waals surface area (Å²) in [6.45, 7) is 0.395. The van der Waals surface area contributed by atoms with Gasteiger partial charge in [-0.2, -0.15) is 0 Å². The normalized spacial score (nSPS) is 24.2. The molecule has 1 saturated carbocycles. The Morgan fingerprint density at radius 2 is 2.24 bits per heavy atom. The quantitative estimate of drug-likeness (QED) is 0.636. The van der Waals surface area contributed by atoms with Gasteiger partial charge in [-0.3, -0.25) is 19.6 Å². The van der Waals surface area contributed by atoms with E-state index in [2.05, 4.69) is 25.3 Å². The maximum Gasteiger partial charge on any atom is 0.328 e. The van der Waals surface area contributed by atoms with E-state index in [1.54, 1.807) is 6.20 Å². The molecule has 9 heteroatoms. The molecule has 0 spiro atoms. The van der Waals surface area contributed by atoms with E-state index in [1.807, 2.05) is 0 Å². The number of aromatic amines is 3. The fraction of sp³-hybridized carbons (Fsp3) is 0.500. The lowest BCUT2D eigenvalue weighted by Crippen LogP contribution is -2.44. The highest BCUT2D eigenvalue weighted by molar-refractivity contribution is 5.90. The lowest BCUT2D eigenvalue weighted by Gasteiger charge is -2.38. The smallest absolute Gasteiger partial charge is 0.328 e. The second-order valence-corrected chi connectivity index (χ2v) is 6.56. The number of aromatic nitrogens is 4. The van der Waals surface area contributed by atoms with Crippen LogP contribution in [-0.4, -0.2) is 38.0 Å². The first-order valence-corrected chi connectivity index (χ1v) is 8.42. The van der Waals surface area contributed by atoms with Gasteiger partial charge in [0.15, 0.2) is 5.82 Å². The molecule has 1 aliphatic heterocycles. The number of hydrogen-bond acceptors (Lipinski definition) is 5. The van der Waals surface area contributed by atoms with Crippen molar-refractivity contribution in [2.75, 3.05) is 6.54 Å². The number of hydrogen-bond donors (Lipinski definition) is 4. The Balaban J connectivity index is 1.53. The molecule has 9 nitrogen and oxygen atoms in total. The molecule has 0 radical (unpaired) electrons. The third-order valence-electron chi connectivity index (χ3n) is 5.12. The van der Waals surface area contributed by atoms with Gasteiger partial charge < -0.3 is 15.0 Å². The van der Waals surface area contributed by atoms with Crippen LogP contribution < -0.4 is 21.3 Å². The predicted octanol–water partition coefficient (Wildman–Crippen LogP) is 0.395. The van der Waals surface area contributed by atoms with Gasteiger partial charge in [0.2, 0.25) is 5.88 Å². The second-order valence-electron chi connectivity index (χ2n) is 6.56. The molecule has 3 heterocycles. The van der Waals surface area contributed by atoms with Crippen molar-refractivity contribution in [1.29, 1.82) is 0 Å². The molecule has 0 bridgehead atoms. The third-order valence-corrected chi connectivity index (χ3v) is 5.12. The molecule has 0 unspecified atom stereocenters. The van der Waals surface area contributed by atoms with Crippen molar-refractivity contribution in [3.05, 3.63) is 44.6 Å². The van der Waals surface area contributed by atoms with Crippen LogP contribution in [0.3, 0.4) is 0 Å². The van der Waals surface area contributed by atoms with Crippen LogP contribution in [0.1, 0.15) is 54.2 Å². The molecule has 1 fully saturated rings. The van der Waals surface area contributed by atoms with Crippen molar-refractivity contribution in [2.24, 2.45) is 0 Å². The molecule has 2 aromatic heterocycles. The fourth-order valence-electron chi connectivity index (χ4n) is 4.03. The van der Waals surface area contributed by atoms with E-state index in [1.165, 1.54) is 6.20 Å². The fourth-order valence-corrected chi connectivity index (χ4v) is 4.03. The van der Waals surface area contributed by atoms with Crippen LogP contribution in [0, 0.1) is 0 Å². The van der Waals surface area contributed by atoms with Crippen molar-refractivity contribution in [2.45, 2.75) is 43.6 Å². The molecule has 4 rings (SSSR count). The molecule has 25 heavy (non-hydrogen) atoms. The summed E-state index contributed by atoms with van der Waals surface area (Å²) >= 11 is 0. The molecule has 2 atom stereocenters. The van der Waals surface area contributed by atoms with Gasteiger partial charge in [-0.05, 0) is 19.3 Å². The molecular formula is C16H19N5O4. The highest BCUT2D eigenvalue weighted by Crippen LogP contribution is 2.51. The highest BCUT2D eigenvalue weighted by atomic mass is 16.5. The van der Waals surface area contributed by atoms with E-state index in [0.29, 0.717) is 18.5 Å². The van der Waals surface area contributed by atoms with Crippen LogP contribution in [-0.2, 0) is 0 Å². The zero-order valence-electron chi connectivity index (χ0n) is 13.6. The molecule has 1 aliphatic carbocycles. The Morgan fingerprint density at radius 3 is 3.04 bits per heavy atom. The van der Waals surface area contributed by atoms with Crippen LogP contribution in [0.2, 0.25) is 0 Å². The zero-order chi connectivity index (χ0) is 17.4. The second kappa shape index (κ2) is 5.91. The molecular weight excluding hydrogens is 326 g/mol. The topological polar surface area (TPSA) is 133 Å². The summed E-state index contributed by atoms with van der Waals surface area (Å²) in [5.74, 6) is 0.181. The number of fused-ring (bicyclic) bond motifs is 3. The van der Waals surface area contributed by atoms with E-state index in [4.69, 9.17) is 4.74 Å². The number of nitrogens with zero attached hydrogens (tertiary/aromatic N) is 1. The van der Waals surface area contributed by atoms with Gasteiger partial charge in [-0.25, -0.2) is 9.78 Å². The Labute approximate surface area is 142 Å². The molecule has 2 aromatic rings. The van der Waals surface area contributed by atoms with E-state index in [-0.39, 0.29) is 29.1 Å². The lowest BCUT2D eigenvalue weighted by molar-refractivity contribution is 0.0245. The first-order valence-electron chi connectivity index (χ1n) is 8.42. The summed E-state index contributed by atoms with van der Waals surface area (Å²) in [4.78, 5) is 47.3. The summed E-state index contributed by atoms with van der Waals surface area (Å²) in [5, 5.41) is 2.82. The van der Waals surface area contributed by atoms with E-state index < -0.39 is 11.3 Å². The number of H-pyrrole nitrogens is 3. The summed E-state index contributed by atoms with van der Waals surface area (Å²) in [7, 11) is 0. The number of nitrogens with one attached hydrogen (secondary N) is 4. The van der Waals surface area contributed by atoms with Crippen LogP contribution in [0.5, 0.6) is 5.88 Å². The maximum absolute atomic E-state index is 12.2. The number of ether oxygens (including phenoxy) is 1. The minimum atomic E-state index is -0.566. The monoisotopic (exact) mass is 345 g/mol. The summed E-state index contributed by atoms with van der Waals surface area (Å²) < 4.78 is 6.08. The first-order chi connectivity index (χ1) is 12.1. The maximum atomic E-state index is 12.2. The van der Waals surface area contributed by atoms with Crippen molar-refractivity contribution >= 4 is 5.91 Å². The van der Waals surface area contributed by atoms with E-state index in [0.717, 1.165) is 25.7 Å². The van der Waals surface area contributed by atoms with Gasteiger partial charge >= 0.3 is 5.69 Å². The zero-order valence-corrected chi connectivity index (χ0v) is 13.6. The molecule has 0 saturated heterocycles. The minimum Gasteiger partial charge on any atom is -0.471 e. The predicted molar refractivity (Wildman–Crippen MR) is 87.8 cm³/mol. The average Bonchev–Trinajstić information content (AvgIpc) is 3.20. The average molecular weight is 345 g/mol. The largest absolute Gasteiger partial charge is 0.471 e. The lowest BCUT2D eigenvalue weighted by atomic mass is 9.72. The number of imidazole rings is 1. The molecule has 1 amide bonds. The number of carbonyl (C=O) groups is 1.